The maximum absolute atomic E-state index is 13.2. The third-order valence-corrected chi connectivity index (χ3v) is 6.51. The van der Waals surface area contributed by atoms with Gasteiger partial charge in [0.2, 0.25) is 15.9 Å². The van der Waals surface area contributed by atoms with Crippen LogP contribution in [0.2, 0.25) is 0 Å². The Morgan fingerprint density at radius 3 is 2.96 bits per heavy atom. The number of fused-ring (bicyclic) bond motifs is 1. The van der Waals surface area contributed by atoms with Crippen molar-refractivity contribution in [2.24, 2.45) is 5.73 Å². The molecule has 126 valence electrons. The highest BCUT2D eigenvalue weighted by Crippen LogP contribution is 2.40. The van der Waals surface area contributed by atoms with Gasteiger partial charge in [-0.05, 0) is 24.5 Å². The van der Waals surface area contributed by atoms with Crippen LogP contribution < -0.4 is 10.5 Å². The van der Waals surface area contributed by atoms with E-state index in [9.17, 15) is 13.2 Å². The van der Waals surface area contributed by atoms with Crippen molar-refractivity contribution in [1.29, 1.82) is 0 Å². The Morgan fingerprint density at radius 1 is 1.48 bits per heavy atom. The number of methoxy groups -OCH3 is 1. The van der Waals surface area contributed by atoms with Crippen molar-refractivity contribution in [3.8, 4) is 5.75 Å². The van der Waals surface area contributed by atoms with E-state index in [2.05, 4.69) is 0 Å². The van der Waals surface area contributed by atoms with Crippen LogP contribution in [-0.2, 0) is 26.0 Å². The molecule has 1 saturated heterocycles. The van der Waals surface area contributed by atoms with E-state index in [0.29, 0.717) is 31.6 Å². The Balaban J connectivity index is 2.09. The molecule has 23 heavy (non-hydrogen) atoms. The minimum Gasteiger partial charge on any atom is -0.492 e. The third-order valence-electron chi connectivity index (χ3n) is 4.52. The molecule has 0 aromatic heterocycles. The maximum Gasteiger partial charge on any atom is 0.247 e. The number of amides is 1. The molecule has 8 heteroatoms. The van der Waals surface area contributed by atoms with Crippen molar-refractivity contribution < 1.29 is 22.7 Å². The highest BCUT2D eigenvalue weighted by molar-refractivity contribution is 7.89. The van der Waals surface area contributed by atoms with Crippen LogP contribution in [-0.4, -0.2) is 51.0 Å². The van der Waals surface area contributed by atoms with Crippen LogP contribution in [0.3, 0.4) is 0 Å². The normalized spacial score (nSPS) is 24.4. The van der Waals surface area contributed by atoms with Gasteiger partial charge in [0.15, 0.2) is 0 Å². The first-order valence-electron chi connectivity index (χ1n) is 7.50. The van der Waals surface area contributed by atoms with Crippen molar-refractivity contribution in [1.82, 2.24) is 4.31 Å². The van der Waals surface area contributed by atoms with E-state index in [0.717, 1.165) is 5.56 Å². The Morgan fingerprint density at radius 2 is 2.26 bits per heavy atom. The van der Waals surface area contributed by atoms with E-state index in [4.69, 9.17) is 15.2 Å². The van der Waals surface area contributed by atoms with Crippen molar-refractivity contribution in [2.45, 2.75) is 29.7 Å². The summed E-state index contributed by atoms with van der Waals surface area (Å²) in [6.07, 6.45) is 1.59. The molecule has 1 amide bonds. The van der Waals surface area contributed by atoms with E-state index in [1.807, 2.05) is 6.07 Å². The van der Waals surface area contributed by atoms with Crippen molar-refractivity contribution >= 4 is 15.9 Å². The molecule has 7 nitrogen and oxygen atoms in total. The van der Waals surface area contributed by atoms with Gasteiger partial charge in [0.25, 0.3) is 0 Å². The van der Waals surface area contributed by atoms with Gasteiger partial charge in [-0.2, -0.15) is 4.31 Å². The number of carbonyl (C=O) groups excluding carboxylic acids is 1. The number of hydrogen-bond donors (Lipinski definition) is 1. The molecule has 0 saturated carbocycles. The smallest absolute Gasteiger partial charge is 0.247 e. The summed E-state index contributed by atoms with van der Waals surface area (Å²) in [7, 11) is -2.48. The van der Waals surface area contributed by atoms with Crippen molar-refractivity contribution in [3.05, 3.63) is 23.8 Å². The van der Waals surface area contributed by atoms with Gasteiger partial charge in [-0.1, -0.05) is 12.1 Å². The van der Waals surface area contributed by atoms with Crippen LogP contribution in [0.4, 0.5) is 0 Å². The lowest BCUT2D eigenvalue weighted by Crippen LogP contribution is -2.58. The lowest BCUT2D eigenvalue weighted by atomic mass is 9.98. The summed E-state index contributed by atoms with van der Waals surface area (Å²) in [5.74, 6) is -0.302. The highest BCUT2D eigenvalue weighted by atomic mass is 32.2. The van der Waals surface area contributed by atoms with Crippen LogP contribution >= 0.6 is 0 Å². The van der Waals surface area contributed by atoms with Gasteiger partial charge >= 0.3 is 0 Å². The molecule has 1 atom stereocenters. The average Bonchev–Trinajstić information content (AvgIpc) is 3.14. The number of ether oxygens (including phenoxy) is 2. The second kappa shape index (κ2) is 5.77. The Bertz CT molecular complexity index is 733. The molecule has 1 aromatic rings. The zero-order valence-corrected chi connectivity index (χ0v) is 13.8. The Labute approximate surface area is 135 Å². The molecule has 2 aliphatic rings. The van der Waals surface area contributed by atoms with E-state index in [-0.39, 0.29) is 18.0 Å². The first-order valence-corrected chi connectivity index (χ1v) is 8.94. The van der Waals surface area contributed by atoms with Gasteiger partial charge in [-0.3, -0.25) is 4.79 Å². The number of benzene rings is 1. The number of carbonyl (C=O) groups is 1. The number of hydrogen-bond acceptors (Lipinski definition) is 5. The minimum atomic E-state index is -3.91. The van der Waals surface area contributed by atoms with Gasteiger partial charge < -0.3 is 15.2 Å². The van der Waals surface area contributed by atoms with Gasteiger partial charge in [-0.15, -0.1) is 0 Å². The molecule has 3 rings (SSSR count). The summed E-state index contributed by atoms with van der Waals surface area (Å²) < 4.78 is 38.1. The fraction of sp³-hybridized carbons (Fsp3) is 0.533. The van der Waals surface area contributed by atoms with E-state index < -0.39 is 21.5 Å². The number of rotatable bonds is 5. The van der Waals surface area contributed by atoms with Gasteiger partial charge in [0.05, 0.1) is 13.2 Å². The molecular formula is C15H20N2O5S. The number of primary amides is 1. The number of nitrogens with zero attached hydrogens (tertiary/aromatic N) is 1. The Kier molecular flexibility index (Phi) is 4.07. The fourth-order valence-electron chi connectivity index (χ4n) is 3.41. The molecule has 2 aliphatic heterocycles. The van der Waals surface area contributed by atoms with Gasteiger partial charge in [0.1, 0.15) is 16.2 Å². The number of nitrogens with two attached hydrogens (primary N) is 1. The molecule has 0 spiro atoms. The first-order chi connectivity index (χ1) is 10.9. The second-order valence-corrected chi connectivity index (χ2v) is 7.68. The van der Waals surface area contributed by atoms with Crippen molar-refractivity contribution in [2.75, 3.05) is 26.9 Å². The first kappa shape index (κ1) is 16.2. The summed E-state index contributed by atoms with van der Waals surface area (Å²) in [5, 5.41) is 0. The van der Waals surface area contributed by atoms with E-state index >= 15 is 0 Å². The fourth-order valence-corrected chi connectivity index (χ4v) is 5.39. The average molecular weight is 340 g/mol. The largest absolute Gasteiger partial charge is 0.492 e. The summed E-state index contributed by atoms with van der Waals surface area (Å²) in [5.41, 5.74) is 5.06. The van der Waals surface area contributed by atoms with Crippen LogP contribution in [0.25, 0.3) is 0 Å². The lowest BCUT2D eigenvalue weighted by Gasteiger charge is -2.34. The summed E-state index contributed by atoms with van der Waals surface area (Å²) in [6.45, 7) is 0.636. The molecule has 1 fully saturated rings. The van der Waals surface area contributed by atoms with Crippen LogP contribution in [0.5, 0.6) is 5.75 Å². The molecule has 1 unspecified atom stereocenters. The quantitative estimate of drug-likeness (QED) is 0.830. The highest BCUT2D eigenvalue weighted by Gasteiger charge is 2.52. The monoisotopic (exact) mass is 340 g/mol. The third kappa shape index (κ3) is 2.41. The van der Waals surface area contributed by atoms with E-state index in [1.165, 1.54) is 17.5 Å². The van der Waals surface area contributed by atoms with Crippen molar-refractivity contribution in [3.63, 3.8) is 0 Å². The lowest BCUT2D eigenvalue weighted by molar-refractivity contribution is -0.128. The minimum absolute atomic E-state index is 0.0581. The standard InChI is InChI=1S/C15H20N2O5S/c1-21-10-15(14(16)18)7-3-8-17(15)23(19,20)12-5-2-4-11-6-9-22-13(11)12/h2,4-5H,3,6-10H2,1H3,(H2,16,18). The SMILES string of the molecule is COCC1(C(N)=O)CCCN1S(=O)(=O)c1cccc2c1OCC2. The number of sulfonamides is 1. The zero-order chi connectivity index (χ0) is 16.7. The summed E-state index contributed by atoms with van der Waals surface area (Å²) in [6, 6.07) is 5.05. The topological polar surface area (TPSA) is 98.9 Å². The molecule has 2 heterocycles. The molecule has 2 N–H and O–H groups in total. The number of para-hydroxylation sites is 1. The predicted molar refractivity (Wildman–Crippen MR) is 82.6 cm³/mol. The molecule has 0 bridgehead atoms. The molecule has 1 aromatic carbocycles. The summed E-state index contributed by atoms with van der Waals surface area (Å²) >= 11 is 0. The van der Waals surface area contributed by atoms with Crippen LogP contribution in [0, 0.1) is 0 Å². The van der Waals surface area contributed by atoms with Crippen LogP contribution in [0.1, 0.15) is 18.4 Å². The molecule has 0 radical (unpaired) electrons. The Hall–Kier alpha value is -1.64. The summed E-state index contributed by atoms with van der Waals surface area (Å²) in [4.78, 5) is 12.1. The molecular weight excluding hydrogens is 320 g/mol. The zero-order valence-electron chi connectivity index (χ0n) is 12.9. The van der Waals surface area contributed by atoms with Gasteiger partial charge in [0, 0.05) is 20.1 Å². The van der Waals surface area contributed by atoms with E-state index in [1.54, 1.807) is 6.07 Å². The predicted octanol–water partition coefficient (Wildman–Crippen LogP) is 0.277. The molecule has 0 aliphatic carbocycles. The van der Waals surface area contributed by atoms with Crippen LogP contribution in [0.15, 0.2) is 23.1 Å². The maximum atomic E-state index is 13.2. The van der Waals surface area contributed by atoms with Gasteiger partial charge in [-0.25, -0.2) is 8.42 Å². The second-order valence-electron chi connectivity index (χ2n) is 5.85.